The Bertz CT molecular complexity index is 1570. The number of carbonyl (C=O) groups excluding carboxylic acids is 3. The first-order valence-corrected chi connectivity index (χ1v) is 13.8. The monoisotopic (exact) mass is 689 g/mol. The minimum atomic E-state index is -0.637. The van der Waals surface area contributed by atoms with Gasteiger partial charge in [-0.05, 0) is 94.9 Å². The fourth-order valence-electron chi connectivity index (χ4n) is 3.74. The lowest BCUT2D eigenvalue weighted by Crippen LogP contribution is -2.33. The van der Waals surface area contributed by atoms with Crippen molar-refractivity contribution < 1.29 is 33.7 Å². The fourth-order valence-corrected chi connectivity index (χ4v) is 5.35. The van der Waals surface area contributed by atoms with Crippen molar-refractivity contribution in [2.24, 2.45) is 0 Å². The van der Waals surface area contributed by atoms with E-state index in [4.69, 9.17) is 9.47 Å². The Hall–Kier alpha value is -4.31. The second-order valence-electron chi connectivity index (χ2n) is 8.47. The van der Waals surface area contributed by atoms with Crippen LogP contribution in [0.2, 0.25) is 0 Å². The number of ketones is 1. The first-order chi connectivity index (χ1) is 19.6. The number of thioether (sulfide) groups is 1. The van der Waals surface area contributed by atoms with E-state index in [2.05, 4.69) is 22.6 Å². The van der Waals surface area contributed by atoms with Crippen molar-refractivity contribution in [1.29, 1.82) is 0 Å². The second kappa shape index (κ2) is 12.9. The van der Waals surface area contributed by atoms with E-state index in [-0.39, 0.29) is 28.5 Å². The molecule has 0 N–H and O–H groups in total. The summed E-state index contributed by atoms with van der Waals surface area (Å²) in [6, 6.07) is 14.3. The van der Waals surface area contributed by atoms with Crippen molar-refractivity contribution in [2.45, 2.75) is 13.5 Å². The van der Waals surface area contributed by atoms with Crippen LogP contribution in [0.5, 0.6) is 11.5 Å². The molecule has 210 valence electrons. The lowest BCUT2D eigenvalue weighted by Gasteiger charge is -2.15. The minimum absolute atomic E-state index is 0.0252. The Balaban J connectivity index is 1.50. The second-order valence-corrected chi connectivity index (χ2v) is 10.6. The maximum atomic E-state index is 13.0. The number of amides is 2. The molecule has 1 aliphatic rings. The Morgan fingerprint density at radius 2 is 1.59 bits per heavy atom. The third-order valence-corrected chi connectivity index (χ3v) is 7.44. The topological polar surface area (TPSA) is 159 Å². The van der Waals surface area contributed by atoms with Crippen molar-refractivity contribution in [3.63, 3.8) is 0 Å². The van der Waals surface area contributed by atoms with Crippen molar-refractivity contribution in [2.75, 3.05) is 13.2 Å². The zero-order valence-corrected chi connectivity index (χ0v) is 24.2. The fraction of sp³-hybridized carbons (Fsp3) is 0.148. The highest BCUT2D eigenvalue weighted by Crippen LogP contribution is 2.38. The van der Waals surface area contributed by atoms with E-state index in [9.17, 15) is 34.6 Å². The van der Waals surface area contributed by atoms with Gasteiger partial charge in [0.15, 0.2) is 17.3 Å². The van der Waals surface area contributed by atoms with Gasteiger partial charge in [0.25, 0.3) is 22.5 Å². The van der Waals surface area contributed by atoms with Gasteiger partial charge in [-0.3, -0.25) is 39.5 Å². The predicted molar refractivity (Wildman–Crippen MR) is 158 cm³/mol. The lowest BCUT2D eigenvalue weighted by molar-refractivity contribution is -0.385. The zero-order chi connectivity index (χ0) is 29.7. The molecule has 41 heavy (non-hydrogen) atoms. The number of halogens is 1. The molecule has 1 aliphatic heterocycles. The highest BCUT2D eigenvalue weighted by atomic mass is 127. The first-order valence-electron chi connectivity index (χ1n) is 11.9. The average molecular weight is 689 g/mol. The van der Waals surface area contributed by atoms with E-state index in [0.29, 0.717) is 39.0 Å². The maximum absolute atomic E-state index is 13.0. The molecular weight excluding hydrogens is 669 g/mol. The molecule has 0 aliphatic carbocycles. The van der Waals surface area contributed by atoms with Gasteiger partial charge in [0, 0.05) is 29.8 Å². The minimum Gasteiger partial charge on any atom is -0.490 e. The van der Waals surface area contributed by atoms with Gasteiger partial charge in [-0.2, -0.15) is 0 Å². The number of rotatable bonds is 11. The van der Waals surface area contributed by atoms with Gasteiger partial charge in [0.1, 0.15) is 6.61 Å². The highest BCUT2D eigenvalue weighted by molar-refractivity contribution is 14.1. The standard InChI is InChI=1S/C27H20IN3O9S/c1-2-39-23-12-17(11-21(28)25(23)40-15-16-3-7-19(8-4-16)30(35)36)13-24-26(33)29(27(34)41-24)14-22(32)18-5-9-20(10-6-18)31(37)38/h3-13H,2,14-15H2,1H3/b24-13+. The van der Waals surface area contributed by atoms with Crippen LogP contribution < -0.4 is 9.47 Å². The zero-order valence-electron chi connectivity index (χ0n) is 21.3. The highest BCUT2D eigenvalue weighted by Gasteiger charge is 2.36. The Morgan fingerprint density at radius 1 is 0.976 bits per heavy atom. The molecule has 1 heterocycles. The number of hydrogen-bond donors (Lipinski definition) is 0. The number of imide groups is 1. The van der Waals surface area contributed by atoms with Crippen LogP contribution in [-0.2, 0) is 11.4 Å². The maximum Gasteiger partial charge on any atom is 0.293 e. The van der Waals surface area contributed by atoms with Crippen molar-refractivity contribution in [3.8, 4) is 11.5 Å². The molecule has 0 radical (unpaired) electrons. The summed E-state index contributed by atoms with van der Waals surface area (Å²) in [4.78, 5) is 59.8. The molecule has 4 rings (SSSR count). The molecule has 14 heteroatoms. The van der Waals surface area contributed by atoms with Crippen LogP contribution in [0.4, 0.5) is 16.2 Å². The number of hydrogen-bond acceptors (Lipinski definition) is 10. The summed E-state index contributed by atoms with van der Waals surface area (Å²) in [6.45, 7) is 1.76. The number of Topliss-reactive ketones (excluding diaryl/α,β-unsaturated/α-hetero) is 1. The smallest absolute Gasteiger partial charge is 0.293 e. The van der Waals surface area contributed by atoms with E-state index >= 15 is 0 Å². The molecule has 1 saturated heterocycles. The lowest BCUT2D eigenvalue weighted by atomic mass is 10.1. The summed E-state index contributed by atoms with van der Waals surface area (Å²) in [5.74, 6) is -0.322. The number of non-ortho nitro benzene ring substituents is 2. The van der Waals surface area contributed by atoms with Crippen molar-refractivity contribution in [3.05, 3.63) is 106 Å². The third-order valence-electron chi connectivity index (χ3n) is 5.74. The Labute approximate surface area is 250 Å². The SMILES string of the molecule is CCOc1cc(/C=C2/SC(=O)N(CC(=O)c3ccc([N+](=O)[O-])cc3)C2=O)cc(I)c1OCc1ccc([N+](=O)[O-])cc1. The van der Waals surface area contributed by atoms with Gasteiger partial charge >= 0.3 is 0 Å². The molecule has 0 spiro atoms. The molecule has 0 aromatic heterocycles. The van der Waals surface area contributed by atoms with E-state index in [1.54, 1.807) is 31.2 Å². The quantitative estimate of drug-likeness (QED) is 0.0768. The number of ether oxygens (including phenoxy) is 2. The molecule has 3 aromatic carbocycles. The van der Waals surface area contributed by atoms with Gasteiger partial charge < -0.3 is 9.47 Å². The van der Waals surface area contributed by atoms with Crippen LogP contribution in [0.25, 0.3) is 6.08 Å². The van der Waals surface area contributed by atoms with Gasteiger partial charge in [0.05, 0.1) is 31.5 Å². The average Bonchev–Trinajstić information content (AvgIpc) is 3.20. The molecule has 1 fully saturated rings. The summed E-state index contributed by atoms with van der Waals surface area (Å²) in [5, 5.41) is 21.1. The van der Waals surface area contributed by atoms with Crippen LogP contribution >= 0.6 is 34.4 Å². The number of nitro groups is 2. The summed E-state index contributed by atoms with van der Waals surface area (Å²) < 4.78 is 12.4. The normalized spacial score (nSPS) is 13.9. The molecule has 0 unspecified atom stereocenters. The van der Waals surface area contributed by atoms with Gasteiger partial charge in [-0.15, -0.1) is 0 Å². The predicted octanol–water partition coefficient (Wildman–Crippen LogP) is 6.00. The van der Waals surface area contributed by atoms with E-state index in [0.717, 1.165) is 10.5 Å². The molecule has 0 bridgehead atoms. The van der Waals surface area contributed by atoms with Crippen LogP contribution in [-0.4, -0.2) is 44.8 Å². The number of nitrogens with zero attached hydrogens (tertiary/aromatic N) is 3. The summed E-state index contributed by atoms with van der Waals surface area (Å²) in [5.41, 5.74) is 1.21. The van der Waals surface area contributed by atoms with Crippen LogP contribution in [0.1, 0.15) is 28.4 Å². The van der Waals surface area contributed by atoms with Crippen LogP contribution in [0.15, 0.2) is 65.6 Å². The number of carbonyl (C=O) groups is 3. The first kappa shape index (κ1) is 29.7. The van der Waals surface area contributed by atoms with Gasteiger partial charge in [-0.1, -0.05) is 0 Å². The Morgan fingerprint density at radius 3 is 2.17 bits per heavy atom. The largest absolute Gasteiger partial charge is 0.490 e. The molecule has 12 nitrogen and oxygen atoms in total. The van der Waals surface area contributed by atoms with E-state index < -0.39 is 33.3 Å². The van der Waals surface area contributed by atoms with Gasteiger partial charge in [0.2, 0.25) is 0 Å². The van der Waals surface area contributed by atoms with Crippen molar-refractivity contribution >= 4 is 68.7 Å². The van der Waals surface area contributed by atoms with Crippen LogP contribution in [0.3, 0.4) is 0 Å². The summed E-state index contributed by atoms with van der Waals surface area (Å²) in [7, 11) is 0. The van der Waals surface area contributed by atoms with E-state index in [1.165, 1.54) is 42.5 Å². The third kappa shape index (κ3) is 7.07. The molecule has 0 atom stereocenters. The molecular formula is C27H20IN3O9S. The van der Waals surface area contributed by atoms with Gasteiger partial charge in [-0.25, -0.2) is 0 Å². The number of nitro benzene ring substituents is 2. The van der Waals surface area contributed by atoms with Crippen molar-refractivity contribution in [1.82, 2.24) is 4.90 Å². The molecule has 3 aromatic rings. The molecule has 0 saturated carbocycles. The summed E-state index contributed by atoms with van der Waals surface area (Å²) in [6.07, 6.45) is 1.52. The molecule has 2 amide bonds. The van der Waals surface area contributed by atoms with E-state index in [1.807, 2.05) is 0 Å². The summed E-state index contributed by atoms with van der Waals surface area (Å²) >= 11 is 2.75. The van der Waals surface area contributed by atoms with Crippen LogP contribution in [0, 0.1) is 23.8 Å². The number of benzene rings is 3. The Kier molecular flexibility index (Phi) is 9.34.